The minimum absolute atomic E-state index is 0.0294. The van der Waals surface area contributed by atoms with Crippen molar-refractivity contribution in [2.45, 2.75) is 13.5 Å². The maximum absolute atomic E-state index is 12.3. The molecule has 2 aliphatic rings. The zero-order valence-corrected chi connectivity index (χ0v) is 14.8. The van der Waals surface area contributed by atoms with Crippen LogP contribution in [0.3, 0.4) is 0 Å². The van der Waals surface area contributed by atoms with E-state index in [-0.39, 0.29) is 5.91 Å². The van der Waals surface area contributed by atoms with Gasteiger partial charge in [0.2, 0.25) is 12.7 Å². The van der Waals surface area contributed by atoms with Gasteiger partial charge >= 0.3 is 0 Å². The predicted octanol–water partition coefficient (Wildman–Crippen LogP) is 2.67. The van der Waals surface area contributed by atoms with E-state index in [0.29, 0.717) is 12.6 Å². The van der Waals surface area contributed by atoms with Crippen molar-refractivity contribution >= 4 is 12.0 Å². The minimum atomic E-state index is 0.0294. The third-order valence-corrected chi connectivity index (χ3v) is 4.68. The van der Waals surface area contributed by atoms with Crippen molar-refractivity contribution in [1.29, 1.82) is 0 Å². The Morgan fingerprint density at radius 2 is 1.88 bits per heavy atom. The molecular formula is C20H22N2O4. The number of carbonyl (C=O) groups is 1. The van der Waals surface area contributed by atoms with Crippen LogP contribution in [-0.4, -0.2) is 48.7 Å². The molecule has 1 saturated heterocycles. The lowest BCUT2D eigenvalue weighted by Gasteiger charge is -2.34. The van der Waals surface area contributed by atoms with E-state index >= 15 is 0 Å². The van der Waals surface area contributed by atoms with Crippen LogP contribution in [0.5, 0.6) is 11.5 Å². The van der Waals surface area contributed by atoms with Crippen LogP contribution in [0.2, 0.25) is 0 Å². The molecule has 6 heteroatoms. The first-order chi connectivity index (χ1) is 12.7. The van der Waals surface area contributed by atoms with Gasteiger partial charge in [0, 0.05) is 38.8 Å². The minimum Gasteiger partial charge on any atom is -0.462 e. The highest BCUT2D eigenvalue weighted by atomic mass is 16.7. The first-order valence-electron chi connectivity index (χ1n) is 8.82. The van der Waals surface area contributed by atoms with Crippen molar-refractivity contribution in [2.24, 2.45) is 0 Å². The van der Waals surface area contributed by atoms with Gasteiger partial charge < -0.3 is 18.8 Å². The molecule has 3 heterocycles. The topological polar surface area (TPSA) is 55.2 Å². The van der Waals surface area contributed by atoms with Gasteiger partial charge in [-0.1, -0.05) is 6.07 Å². The van der Waals surface area contributed by atoms with Crippen molar-refractivity contribution in [3.8, 4) is 11.5 Å². The second-order valence-electron chi connectivity index (χ2n) is 6.57. The second kappa shape index (κ2) is 7.25. The molecule has 0 unspecified atom stereocenters. The van der Waals surface area contributed by atoms with E-state index in [2.05, 4.69) is 11.0 Å². The van der Waals surface area contributed by atoms with E-state index in [9.17, 15) is 4.79 Å². The number of hydrogen-bond donors (Lipinski definition) is 0. The maximum Gasteiger partial charge on any atom is 0.246 e. The molecule has 1 aromatic heterocycles. The lowest BCUT2D eigenvalue weighted by Crippen LogP contribution is -2.47. The van der Waals surface area contributed by atoms with Crippen molar-refractivity contribution in [3.05, 3.63) is 53.5 Å². The van der Waals surface area contributed by atoms with Gasteiger partial charge in [-0.05, 0) is 42.8 Å². The predicted molar refractivity (Wildman–Crippen MR) is 96.9 cm³/mol. The highest BCUT2D eigenvalue weighted by molar-refractivity contribution is 5.91. The van der Waals surface area contributed by atoms with Crippen molar-refractivity contribution in [3.63, 3.8) is 0 Å². The van der Waals surface area contributed by atoms with Crippen LogP contribution in [-0.2, 0) is 11.3 Å². The summed E-state index contributed by atoms with van der Waals surface area (Å²) in [6.07, 6.45) is 3.32. The molecule has 136 valence electrons. The Hall–Kier alpha value is -2.73. The normalized spacial score (nSPS) is 17.2. The Morgan fingerprint density at radius 3 is 2.65 bits per heavy atom. The molecule has 1 amide bonds. The zero-order valence-electron chi connectivity index (χ0n) is 14.8. The van der Waals surface area contributed by atoms with Crippen LogP contribution in [0, 0.1) is 6.92 Å². The van der Waals surface area contributed by atoms with Crippen molar-refractivity contribution < 1.29 is 18.7 Å². The first-order valence-corrected chi connectivity index (χ1v) is 8.82. The zero-order chi connectivity index (χ0) is 17.9. The number of fused-ring (bicyclic) bond motifs is 1. The second-order valence-corrected chi connectivity index (χ2v) is 6.57. The highest BCUT2D eigenvalue weighted by Crippen LogP contribution is 2.32. The van der Waals surface area contributed by atoms with Crippen LogP contribution in [0.25, 0.3) is 6.08 Å². The molecule has 1 aromatic carbocycles. The monoisotopic (exact) mass is 354 g/mol. The summed E-state index contributed by atoms with van der Waals surface area (Å²) in [5.41, 5.74) is 1.20. The van der Waals surface area contributed by atoms with E-state index in [1.807, 2.05) is 36.1 Å². The molecule has 6 nitrogen and oxygen atoms in total. The SMILES string of the molecule is Cc1ccc(/C=C/C(=O)N2CCN(Cc3ccc4c(c3)OCO4)CC2)o1. The van der Waals surface area contributed by atoms with Gasteiger partial charge in [-0.15, -0.1) is 0 Å². The lowest BCUT2D eigenvalue weighted by atomic mass is 10.1. The Morgan fingerprint density at radius 1 is 1.08 bits per heavy atom. The van der Waals surface area contributed by atoms with Crippen LogP contribution < -0.4 is 9.47 Å². The Bertz CT molecular complexity index is 819. The summed E-state index contributed by atoms with van der Waals surface area (Å²) in [7, 11) is 0. The summed E-state index contributed by atoms with van der Waals surface area (Å²) in [6, 6.07) is 9.81. The van der Waals surface area contributed by atoms with E-state index in [1.165, 1.54) is 5.56 Å². The number of piperazine rings is 1. The fourth-order valence-corrected chi connectivity index (χ4v) is 3.23. The van der Waals surface area contributed by atoms with Gasteiger partial charge in [-0.2, -0.15) is 0 Å². The molecule has 2 aromatic rings. The van der Waals surface area contributed by atoms with Crippen LogP contribution in [0.4, 0.5) is 0 Å². The molecule has 0 radical (unpaired) electrons. The fourth-order valence-electron chi connectivity index (χ4n) is 3.23. The highest BCUT2D eigenvalue weighted by Gasteiger charge is 2.20. The van der Waals surface area contributed by atoms with E-state index in [0.717, 1.165) is 50.0 Å². The summed E-state index contributed by atoms with van der Waals surface area (Å²) in [6.45, 7) is 6.20. The van der Waals surface area contributed by atoms with Crippen LogP contribution >= 0.6 is 0 Å². The molecule has 0 aliphatic carbocycles. The van der Waals surface area contributed by atoms with Gasteiger partial charge in [-0.3, -0.25) is 9.69 Å². The quantitative estimate of drug-likeness (QED) is 0.790. The van der Waals surface area contributed by atoms with Gasteiger partial charge in [0.1, 0.15) is 11.5 Å². The smallest absolute Gasteiger partial charge is 0.246 e. The molecule has 26 heavy (non-hydrogen) atoms. The van der Waals surface area contributed by atoms with Gasteiger partial charge in [0.05, 0.1) is 0 Å². The fraction of sp³-hybridized carbons (Fsp3) is 0.350. The average Bonchev–Trinajstić information content (AvgIpc) is 3.28. The molecular weight excluding hydrogens is 332 g/mol. The van der Waals surface area contributed by atoms with Gasteiger partial charge in [-0.25, -0.2) is 0 Å². The number of furan rings is 1. The summed E-state index contributed by atoms with van der Waals surface area (Å²) in [5, 5.41) is 0. The number of rotatable bonds is 4. The number of carbonyl (C=O) groups excluding carboxylic acids is 1. The van der Waals surface area contributed by atoms with Crippen LogP contribution in [0.15, 0.2) is 40.8 Å². The first kappa shape index (κ1) is 16.7. The Labute approximate surface area is 152 Å². The Balaban J connectivity index is 1.28. The molecule has 0 saturated carbocycles. The summed E-state index contributed by atoms with van der Waals surface area (Å²) in [5.74, 6) is 3.20. The van der Waals surface area contributed by atoms with Crippen molar-refractivity contribution in [2.75, 3.05) is 33.0 Å². The molecule has 0 bridgehead atoms. The lowest BCUT2D eigenvalue weighted by molar-refractivity contribution is -0.127. The standard InChI is InChI=1S/C20H22N2O4/c1-15-2-4-17(26-15)5-7-20(23)22-10-8-21(9-11-22)13-16-3-6-18-19(12-16)25-14-24-18/h2-7,12H,8-11,13-14H2,1H3/b7-5+. The molecule has 4 rings (SSSR count). The third kappa shape index (κ3) is 3.75. The summed E-state index contributed by atoms with van der Waals surface area (Å²) < 4.78 is 16.2. The molecule has 0 N–H and O–H groups in total. The van der Waals surface area contributed by atoms with E-state index in [1.54, 1.807) is 12.2 Å². The Kier molecular flexibility index (Phi) is 4.67. The number of ether oxygens (including phenoxy) is 2. The molecule has 1 fully saturated rings. The van der Waals surface area contributed by atoms with Gasteiger partial charge in [0.15, 0.2) is 11.5 Å². The number of nitrogens with zero attached hydrogens (tertiary/aromatic N) is 2. The molecule has 0 atom stereocenters. The van der Waals surface area contributed by atoms with Crippen LogP contribution in [0.1, 0.15) is 17.1 Å². The van der Waals surface area contributed by atoms with E-state index in [4.69, 9.17) is 13.9 Å². The summed E-state index contributed by atoms with van der Waals surface area (Å²) in [4.78, 5) is 16.5. The largest absolute Gasteiger partial charge is 0.462 e. The number of hydrogen-bond acceptors (Lipinski definition) is 5. The number of aryl methyl sites for hydroxylation is 1. The van der Waals surface area contributed by atoms with E-state index < -0.39 is 0 Å². The molecule has 0 spiro atoms. The summed E-state index contributed by atoms with van der Waals surface area (Å²) >= 11 is 0. The third-order valence-electron chi connectivity index (χ3n) is 4.68. The van der Waals surface area contributed by atoms with Gasteiger partial charge in [0.25, 0.3) is 0 Å². The molecule has 2 aliphatic heterocycles. The number of benzene rings is 1. The van der Waals surface area contributed by atoms with Crippen molar-refractivity contribution in [1.82, 2.24) is 9.80 Å². The maximum atomic E-state index is 12.3. The average molecular weight is 354 g/mol. The number of amides is 1.